The van der Waals surface area contributed by atoms with Gasteiger partial charge in [0.1, 0.15) is 24.4 Å². The van der Waals surface area contributed by atoms with Gasteiger partial charge >= 0.3 is 0 Å². The lowest BCUT2D eigenvalue weighted by Crippen LogP contribution is -2.59. The highest BCUT2D eigenvalue weighted by molar-refractivity contribution is 5.39. The molecular formula is C33H54O8. The van der Waals surface area contributed by atoms with Crippen molar-refractivity contribution in [3.05, 3.63) is 35.5 Å². The average molecular weight is 579 g/mol. The lowest BCUT2D eigenvalue weighted by Gasteiger charge is -2.44. The number of aliphatic hydroxyl groups is 6. The predicted molar refractivity (Wildman–Crippen MR) is 157 cm³/mol. The van der Waals surface area contributed by atoms with Crippen molar-refractivity contribution in [2.24, 2.45) is 23.2 Å². The van der Waals surface area contributed by atoms with E-state index in [0.29, 0.717) is 29.7 Å². The molecule has 0 amide bonds. The molecule has 234 valence electrons. The van der Waals surface area contributed by atoms with Crippen LogP contribution in [0, 0.1) is 23.2 Å². The van der Waals surface area contributed by atoms with E-state index in [1.165, 1.54) is 31.3 Å². The van der Waals surface area contributed by atoms with E-state index in [9.17, 15) is 30.6 Å². The van der Waals surface area contributed by atoms with Gasteiger partial charge in [0.15, 0.2) is 6.29 Å². The molecule has 3 aliphatic carbocycles. The summed E-state index contributed by atoms with van der Waals surface area (Å²) < 4.78 is 11.5. The Labute approximate surface area is 245 Å². The molecule has 1 saturated heterocycles. The summed E-state index contributed by atoms with van der Waals surface area (Å²) in [7, 11) is 0. The van der Waals surface area contributed by atoms with Crippen LogP contribution < -0.4 is 0 Å². The van der Waals surface area contributed by atoms with Gasteiger partial charge in [0.25, 0.3) is 0 Å². The first-order valence-electron chi connectivity index (χ1n) is 15.7. The monoisotopic (exact) mass is 578 g/mol. The molecule has 0 bridgehead atoms. The van der Waals surface area contributed by atoms with Crippen molar-refractivity contribution in [3.63, 3.8) is 0 Å². The second-order valence-corrected chi connectivity index (χ2v) is 14.1. The summed E-state index contributed by atoms with van der Waals surface area (Å²) in [5.41, 5.74) is 2.70. The van der Waals surface area contributed by atoms with Gasteiger partial charge in [0.05, 0.1) is 24.4 Å². The normalized spacial score (nSPS) is 43.0. The summed E-state index contributed by atoms with van der Waals surface area (Å²) >= 11 is 0. The van der Waals surface area contributed by atoms with Crippen molar-refractivity contribution in [1.29, 1.82) is 0 Å². The first kappa shape index (κ1) is 32.8. The van der Waals surface area contributed by atoms with Gasteiger partial charge in [-0.25, -0.2) is 0 Å². The molecule has 0 aromatic carbocycles. The average Bonchev–Trinajstić information content (AvgIpc) is 3.27. The van der Waals surface area contributed by atoms with Crippen LogP contribution in [0.15, 0.2) is 35.5 Å². The molecule has 4 fully saturated rings. The minimum Gasteiger partial charge on any atom is -0.394 e. The highest BCUT2D eigenvalue weighted by Gasteiger charge is 2.50. The van der Waals surface area contributed by atoms with Crippen molar-refractivity contribution in [2.75, 3.05) is 6.61 Å². The van der Waals surface area contributed by atoms with E-state index in [-0.39, 0.29) is 11.8 Å². The van der Waals surface area contributed by atoms with E-state index < -0.39 is 55.1 Å². The number of hydrogen-bond donors (Lipinski definition) is 6. The van der Waals surface area contributed by atoms with Crippen LogP contribution >= 0.6 is 0 Å². The van der Waals surface area contributed by atoms with E-state index in [1.54, 1.807) is 0 Å². The van der Waals surface area contributed by atoms with Crippen LogP contribution in [0.25, 0.3) is 0 Å². The summed E-state index contributed by atoms with van der Waals surface area (Å²) in [6, 6.07) is 0. The Balaban J connectivity index is 1.44. The van der Waals surface area contributed by atoms with E-state index in [4.69, 9.17) is 9.47 Å². The number of rotatable bonds is 9. The van der Waals surface area contributed by atoms with Gasteiger partial charge in [0.2, 0.25) is 0 Å². The Morgan fingerprint density at radius 3 is 2.54 bits per heavy atom. The van der Waals surface area contributed by atoms with Crippen LogP contribution in [0.4, 0.5) is 0 Å². The van der Waals surface area contributed by atoms with Gasteiger partial charge in [-0.3, -0.25) is 0 Å². The maximum absolute atomic E-state index is 10.8. The van der Waals surface area contributed by atoms with Crippen molar-refractivity contribution in [1.82, 2.24) is 0 Å². The van der Waals surface area contributed by atoms with Crippen LogP contribution in [0.3, 0.4) is 0 Å². The fourth-order valence-electron chi connectivity index (χ4n) is 8.19. The van der Waals surface area contributed by atoms with Gasteiger partial charge in [0, 0.05) is 6.42 Å². The van der Waals surface area contributed by atoms with Crippen LogP contribution in [-0.2, 0) is 9.47 Å². The zero-order valence-corrected chi connectivity index (χ0v) is 25.4. The predicted octanol–water partition coefficient (Wildman–Crippen LogP) is 3.53. The Hall–Kier alpha value is -1.10. The third-order valence-electron chi connectivity index (χ3n) is 10.6. The number of hydrogen-bond acceptors (Lipinski definition) is 8. The van der Waals surface area contributed by atoms with E-state index in [0.717, 1.165) is 31.3 Å². The van der Waals surface area contributed by atoms with Gasteiger partial charge in [-0.1, -0.05) is 51.0 Å². The molecule has 0 aromatic heterocycles. The second kappa shape index (κ2) is 13.3. The largest absolute Gasteiger partial charge is 0.394 e. The third-order valence-corrected chi connectivity index (χ3v) is 10.6. The summed E-state index contributed by atoms with van der Waals surface area (Å²) in [5.74, 6) is 1.84. The summed E-state index contributed by atoms with van der Waals surface area (Å²) in [6.07, 6.45) is 6.02. The Bertz CT molecular complexity index is 967. The SMILES string of the molecule is C=C1/C(=C\C=C2CCC[C@@]3(C)C2CC[C@@H]3[C@H](C)CCCC(C)(C)O)C[C@H](OC2O[C@H](CO)[C@@H](O)[C@H](O)[C@H]2O)CC1O. The Morgan fingerprint density at radius 2 is 1.85 bits per heavy atom. The molecule has 1 aliphatic heterocycles. The Morgan fingerprint density at radius 1 is 1.12 bits per heavy atom. The van der Waals surface area contributed by atoms with E-state index >= 15 is 0 Å². The van der Waals surface area contributed by atoms with Gasteiger partial charge in [-0.2, -0.15) is 0 Å². The molecule has 4 aliphatic rings. The highest BCUT2D eigenvalue weighted by Crippen LogP contribution is 2.60. The summed E-state index contributed by atoms with van der Waals surface area (Å²) in [4.78, 5) is 0. The third kappa shape index (κ3) is 7.35. The van der Waals surface area contributed by atoms with Crippen molar-refractivity contribution in [3.8, 4) is 0 Å². The standard InChI is InChI=1S/C33H54O8/c1-19(8-6-14-32(3,4)39)24-12-13-25-21(9-7-15-33(24,25)5)10-11-22-16-23(17-26(35)20(22)2)40-31-30(38)29(37)28(36)27(18-34)41-31/h10-11,19,23-31,34-39H,2,6-9,12-18H2,1,3-5H3/b21-10?,22-11-/t19-,23+,24-,25?,26?,27-,28-,29+,30-,31?,33-/m1/s1. The molecule has 6 N–H and O–H groups in total. The molecule has 0 aromatic rings. The quantitative estimate of drug-likeness (QED) is 0.244. The molecule has 0 radical (unpaired) electrons. The van der Waals surface area contributed by atoms with Crippen molar-refractivity contribution in [2.45, 2.75) is 140 Å². The molecular weight excluding hydrogens is 524 g/mol. The number of ether oxygens (including phenoxy) is 2. The van der Waals surface area contributed by atoms with Crippen LogP contribution in [-0.4, -0.2) is 85.8 Å². The van der Waals surface area contributed by atoms with Crippen LogP contribution in [0.5, 0.6) is 0 Å². The van der Waals surface area contributed by atoms with Gasteiger partial charge < -0.3 is 40.1 Å². The van der Waals surface area contributed by atoms with Gasteiger partial charge in [-0.05, 0) is 93.1 Å². The maximum Gasteiger partial charge on any atom is 0.186 e. The van der Waals surface area contributed by atoms with E-state index in [2.05, 4.69) is 32.6 Å². The molecule has 8 heteroatoms. The fraction of sp³-hybridized carbons (Fsp3) is 0.818. The zero-order chi connectivity index (χ0) is 30.1. The lowest BCUT2D eigenvalue weighted by molar-refractivity contribution is -0.312. The molecule has 11 atom stereocenters. The maximum atomic E-state index is 10.8. The zero-order valence-electron chi connectivity index (χ0n) is 25.4. The number of aliphatic hydroxyl groups excluding tert-OH is 5. The molecule has 8 nitrogen and oxygen atoms in total. The van der Waals surface area contributed by atoms with Gasteiger partial charge in [-0.15, -0.1) is 0 Å². The topological polar surface area (TPSA) is 140 Å². The van der Waals surface area contributed by atoms with Crippen LogP contribution in [0.1, 0.15) is 91.9 Å². The smallest absolute Gasteiger partial charge is 0.186 e. The van der Waals surface area contributed by atoms with E-state index in [1.807, 2.05) is 13.8 Å². The first-order valence-corrected chi connectivity index (χ1v) is 15.7. The van der Waals surface area contributed by atoms with Crippen molar-refractivity contribution < 1.29 is 40.1 Å². The van der Waals surface area contributed by atoms with Crippen LogP contribution in [0.2, 0.25) is 0 Å². The summed E-state index contributed by atoms with van der Waals surface area (Å²) in [5, 5.41) is 61.0. The first-order chi connectivity index (χ1) is 19.2. The van der Waals surface area contributed by atoms with Crippen molar-refractivity contribution >= 4 is 0 Å². The molecule has 1 heterocycles. The highest BCUT2D eigenvalue weighted by atomic mass is 16.7. The minimum atomic E-state index is -1.51. The minimum absolute atomic E-state index is 0.272. The molecule has 3 unspecified atom stereocenters. The molecule has 0 spiro atoms. The fourth-order valence-corrected chi connectivity index (χ4v) is 8.19. The lowest BCUT2D eigenvalue weighted by atomic mass is 9.60. The second-order valence-electron chi connectivity index (χ2n) is 14.1. The number of fused-ring (bicyclic) bond motifs is 1. The Kier molecular flexibility index (Phi) is 10.6. The molecule has 41 heavy (non-hydrogen) atoms. The number of allylic oxidation sites excluding steroid dienone is 3. The molecule has 3 saturated carbocycles. The molecule has 4 rings (SSSR count). The summed E-state index contributed by atoms with van der Waals surface area (Å²) in [6.45, 7) is 12.3.